The third-order valence-corrected chi connectivity index (χ3v) is 3.54. The molecule has 1 aliphatic heterocycles. The first-order valence-corrected chi connectivity index (χ1v) is 6.70. The SMILES string of the molecule is CNC(C)(C)CCCCNC1CCC(=O)NC1=O. The largest absolute Gasteiger partial charge is 0.315 e. The summed E-state index contributed by atoms with van der Waals surface area (Å²) in [5.41, 5.74) is 0.175. The second-order valence-electron chi connectivity index (χ2n) is 5.55. The molecule has 0 aromatic carbocycles. The van der Waals surface area contributed by atoms with E-state index in [1.807, 2.05) is 7.05 Å². The number of amides is 2. The summed E-state index contributed by atoms with van der Waals surface area (Å²) in [5, 5.41) is 8.84. The van der Waals surface area contributed by atoms with Crippen molar-refractivity contribution in [2.24, 2.45) is 0 Å². The van der Waals surface area contributed by atoms with E-state index in [4.69, 9.17) is 0 Å². The number of piperidine rings is 1. The molecule has 0 radical (unpaired) electrons. The Morgan fingerprint density at radius 2 is 2.06 bits per heavy atom. The van der Waals surface area contributed by atoms with Crippen molar-refractivity contribution in [3.8, 4) is 0 Å². The maximum Gasteiger partial charge on any atom is 0.243 e. The topological polar surface area (TPSA) is 70.2 Å². The molecule has 1 heterocycles. The molecule has 0 aromatic heterocycles. The van der Waals surface area contributed by atoms with Gasteiger partial charge in [0.1, 0.15) is 0 Å². The van der Waals surface area contributed by atoms with E-state index >= 15 is 0 Å². The lowest BCUT2D eigenvalue weighted by atomic mass is 9.97. The lowest BCUT2D eigenvalue weighted by Crippen LogP contribution is -2.50. The van der Waals surface area contributed by atoms with E-state index in [1.165, 1.54) is 0 Å². The van der Waals surface area contributed by atoms with Gasteiger partial charge in [-0.3, -0.25) is 14.9 Å². The van der Waals surface area contributed by atoms with Crippen molar-refractivity contribution >= 4 is 11.8 Å². The summed E-state index contributed by atoms with van der Waals surface area (Å²) in [7, 11) is 1.97. The van der Waals surface area contributed by atoms with Gasteiger partial charge in [-0.15, -0.1) is 0 Å². The molecule has 5 nitrogen and oxygen atoms in total. The summed E-state index contributed by atoms with van der Waals surface area (Å²) in [4.78, 5) is 22.4. The van der Waals surface area contributed by atoms with E-state index in [9.17, 15) is 9.59 Å². The van der Waals surface area contributed by atoms with Crippen LogP contribution in [0.1, 0.15) is 46.0 Å². The van der Waals surface area contributed by atoms with Gasteiger partial charge in [-0.25, -0.2) is 0 Å². The Kier molecular flexibility index (Phi) is 5.75. The predicted octanol–water partition coefficient (Wildman–Crippen LogP) is 0.550. The standard InChI is InChI=1S/C13H25N3O2/c1-13(2,14-3)8-4-5-9-15-10-6-7-11(17)16-12(10)18/h10,14-15H,4-9H2,1-3H3,(H,16,17,18). The second kappa shape index (κ2) is 6.85. The third-order valence-electron chi connectivity index (χ3n) is 3.54. The molecule has 5 heteroatoms. The van der Waals surface area contributed by atoms with Crippen LogP contribution in [0, 0.1) is 0 Å². The number of carbonyl (C=O) groups excluding carboxylic acids is 2. The molecule has 1 saturated heterocycles. The normalized spacial score (nSPS) is 20.9. The van der Waals surface area contributed by atoms with Gasteiger partial charge in [0.2, 0.25) is 11.8 Å². The molecule has 1 atom stereocenters. The molecule has 104 valence electrons. The van der Waals surface area contributed by atoms with E-state index in [0.29, 0.717) is 12.8 Å². The van der Waals surface area contributed by atoms with Crippen molar-refractivity contribution in [3.05, 3.63) is 0 Å². The van der Waals surface area contributed by atoms with Crippen LogP contribution in [-0.2, 0) is 9.59 Å². The third kappa shape index (κ3) is 5.14. The van der Waals surface area contributed by atoms with E-state index in [0.717, 1.165) is 25.8 Å². The maximum absolute atomic E-state index is 11.5. The van der Waals surface area contributed by atoms with Crippen molar-refractivity contribution in [3.63, 3.8) is 0 Å². The van der Waals surface area contributed by atoms with E-state index in [2.05, 4.69) is 29.8 Å². The van der Waals surface area contributed by atoms with Gasteiger partial charge in [0.15, 0.2) is 0 Å². The molecule has 0 spiro atoms. The van der Waals surface area contributed by atoms with Crippen LogP contribution in [0.3, 0.4) is 0 Å². The highest BCUT2D eigenvalue weighted by molar-refractivity contribution is 6.00. The average Bonchev–Trinajstić information content (AvgIpc) is 2.31. The van der Waals surface area contributed by atoms with Gasteiger partial charge >= 0.3 is 0 Å². The summed E-state index contributed by atoms with van der Waals surface area (Å²) >= 11 is 0. The number of imide groups is 1. The highest BCUT2D eigenvalue weighted by atomic mass is 16.2. The lowest BCUT2D eigenvalue weighted by Gasteiger charge is -2.24. The summed E-state index contributed by atoms with van der Waals surface area (Å²) in [6.07, 6.45) is 4.33. The molecule has 1 aliphatic rings. The van der Waals surface area contributed by atoms with Gasteiger partial charge in [-0.2, -0.15) is 0 Å². The highest BCUT2D eigenvalue weighted by Gasteiger charge is 2.25. The van der Waals surface area contributed by atoms with Crippen molar-refractivity contribution in [2.75, 3.05) is 13.6 Å². The monoisotopic (exact) mass is 255 g/mol. The number of carbonyl (C=O) groups is 2. The zero-order valence-corrected chi connectivity index (χ0v) is 11.6. The zero-order valence-electron chi connectivity index (χ0n) is 11.6. The summed E-state index contributed by atoms with van der Waals surface area (Å²) in [6, 6.07) is -0.194. The fraction of sp³-hybridized carbons (Fsp3) is 0.846. The van der Waals surface area contributed by atoms with Gasteiger partial charge in [-0.1, -0.05) is 6.42 Å². The molecular weight excluding hydrogens is 230 g/mol. The second-order valence-corrected chi connectivity index (χ2v) is 5.55. The first-order valence-electron chi connectivity index (χ1n) is 6.70. The molecule has 1 fully saturated rings. The lowest BCUT2D eigenvalue weighted by molar-refractivity contribution is -0.134. The Hall–Kier alpha value is -0.940. The number of hydrogen-bond donors (Lipinski definition) is 3. The molecule has 1 rings (SSSR count). The van der Waals surface area contributed by atoms with Gasteiger partial charge in [-0.05, 0) is 46.7 Å². The Morgan fingerprint density at radius 1 is 1.33 bits per heavy atom. The van der Waals surface area contributed by atoms with E-state index in [1.54, 1.807) is 0 Å². The molecule has 2 amide bonds. The highest BCUT2D eigenvalue weighted by Crippen LogP contribution is 2.11. The Morgan fingerprint density at radius 3 is 2.67 bits per heavy atom. The van der Waals surface area contributed by atoms with Crippen molar-refractivity contribution in [1.29, 1.82) is 0 Å². The van der Waals surface area contributed by atoms with Crippen molar-refractivity contribution < 1.29 is 9.59 Å². The first-order chi connectivity index (χ1) is 8.44. The van der Waals surface area contributed by atoms with E-state index in [-0.39, 0.29) is 23.4 Å². The summed E-state index contributed by atoms with van der Waals surface area (Å²) in [5.74, 6) is -0.337. The van der Waals surface area contributed by atoms with Crippen LogP contribution in [0.2, 0.25) is 0 Å². The minimum Gasteiger partial charge on any atom is -0.315 e. The van der Waals surface area contributed by atoms with Gasteiger partial charge in [0.05, 0.1) is 6.04 Å². The minimum atomic E-state index is -0.194. The minimum absolute atomic E-state index is 0.159. The molecular formula is C13H25N3O2. The van der Waals surface area contributed by atoms with Crippen LogP contribution in [0.15, 0.2) is 0 Å². The molecule has 0 aromatic rings. The number of hydrogen-bond acceptors (Lipinski definition) is 4. The fourth-order valence-electron chi connectivity index (χ4n) is 1.98. The van der Waals surface area contributed by atoms with Gasteiger partial charge in [0, 0.05) is 12.0 Å². The predicted molar refractivity (Wildman–Crippen MR) is 71.2 cm³/mol. The van der Waals surface area contributed by atoms with Gasteiger partial charge in [0.25, 0.3) is 0 Å². The van der Waals surface area contributed by atoms with Crippen LogP contribution < -0.4 is 16.0 Å². The fourth-order valence-corrected chi connectivity index (χ4v) is 1.98. The molecule has 0 saturated carbocycles. The number of nitrogens with one attached hydrogen (secondary N) is 3. The first kappa shape index (κ1) is 15.1. The molecule has 0 aliphatic carbocycles. The number of unbranched alkanes of at least 4 members (excludes halogenated alkanes) is 1. The molecule has 1 unspecified atom stereocenters. The van der Waals surface area contributed by atoms with Crippen LogP contribution in [0.5, 0.6) is 0 Å². The van der Waals surface area contributed by atoms with Crippen LogP contribution in [-0.4, -0.2) is 37.0 Å². The quantitative estimate of drug-likeness (QED) is 0.459. The average molecular weight is 255 g/mol. The molecule has 18 heavy (non-hydrogen) atoms. The van der Waals surface area contributed by atoms with Crippen molar-refractivity contribution in [2.45, 2.75) is 57.5 Å². The van der Waals surface area contributed by atoms with Crippen LogP contribution >= 0.6 is 0 Å². The summed E-state index contributed by atoms with van der Waals surface area (Å²) in [6.45, 7) is 5.19. The Labute approximate surface area is 109 Å². The zero-order chi connectivity index (χ0) is 13.6. The van der Waals surface area contributed by atoms with Crippen molar-refractivity contribution in [1.82, 2.24) is 16.0 Å². The van der Waals surface area contributed by atoms with Crippen LogP contribution in [0.4, 0.5) is 0 Å². The molecule has 0 bridgehead atoms. The summed E-state index contributed by atoms with van der Waals surface area (Å²) < 4.78 is 0. The Balaban J connectivity index is 2.11. The van der Waals surface area contributed by atoms with Gasteiger partial charge < -0.3 is 10.6 Å². The maximum atomic E-state index is 11.5. The molecule has 3 N–H and O–H groups in total. The van der Waals surface area contributed by atoms with E-state index < -0.39 is 0 Å². The number of rotatable bonds is 7. The smallest absolute Gasteiger partial charge is 0.243 e. The van der Waals surface area contributed by atoms with Crippen LogP contribution in [0.25, 0.3) is 0 Å². The Bertz CT molecular complexity index is 303.